The molecule has 1 saturated heterocycles. The number of carbonyl (C=O) groups excluding carboxylic acids is 2. The summed E-state index contributed by atoms with van der Waals surface area (Å²) in [5.41, 5.74) is 2.01. The van der Waals surface area contributed by atoms with Crippen LogP contribution in [0.25, 0.3) is 0 Å². The molecule has 1 aliphatic rings. The Morgan fingerprint density at radius 2 is 1.52 bits per heavy atom. The van der Waals surface area contributed by atoms with E-state index in [4.69, 9.17) is 0 Å². The van der Waals surface area contributed by atoms with Gasteiger partial charge in [0.15, 0.2) is 0 Å². The van der Waals surface area contributed by atoms with Gasteiger partial charge >= 0.3 is 0 Å². The first-order valence-electron chi connectivity index (χ1n) is 9.14. The summed E-state index contributed by atoms with van der Waals surface area (Å²) >= 11 is 0. The van der Waals surface area contributed by atoms with Gasteiger partial charge in [-0.1, -0.05) is 31.0 Å². The minimum Gasteiger partial charge on any atom is -0.355 e. The number of hydrogen-bond acceptors (Lipinski definition) is 4. The molecule has 1 aromatic rings. The third kappa shape index (κ3) is 7.23. The minimum atomic E-state index is 0.00890. The van der Waals surface area contributed by atoms with E-state index in [1.165, 1.54) is 5.56 Å². The van der Waals surface area contributed by atoms with Crippen molar-refractivity contribution in [2.24, 2.45) is 0 Å². The lowest BCUT2D eigenvalue weighted by Gasteiger charge is -2.33. The van der Waals surface area contributed by atoms with Gasteiger partial charge in [-0.3, -0.25) is 19.4 Å². The maximum absolute atomic E-state index is 12.1. The maximum Gasteiger partial charge on any atom is 0.238 e. The minimum absolute atomic E-state index is 0.00890. The molecule has 0 aromatic heterocycles. The molecule has 0 unspecified atom stereocenters. The molecular weight excluding hydrogens is 316 g/mol. The molecule has 2 amide bonds. The first-order valence-corrected chi connectivity index (χ1v) is 9.14. The molecule has 6 nitrogen and oxygen atoms in total. The molecule has 6 heteroatoms. The number of anilines is 1. The van der Waals surface area contributed by atoms with Gasteiger partial charge in [0.2, 0.25) is 11.8 Å². The van der Waals surface area contributed by atoms with E-state index in [9.17, 15) is 9.59 Å². The van der Waals surface area contributed by atoms with Gasteiger partial charge < -0.3 is 10.6 Å². The van der Waals surface area contributed by atoms with E-state index in [-0.39, 0.29) is 11.8 Å². The largest absolute Gasteiger partial charge is 0.355 e. The summed E-state index contributed by atoms with van der Waals surface area (Å²) in [6.07, 6.45) is 2.11. The Kier molecular flexibility index (Phi) is 7.88. The number of unbranched alkanes of at least 4 members (excludes halogenated alkanes) is 1. The first kappa shape index (κ1) is 19.4. The molecule has 2 N–H and O–H groups in total. The number of nitrogens with zero attached hydrogens (tertiary/aromatic N) is 2. The van der Waals surface area contributed by atoms with Crippen LogP contribution in [0.15, 0.2) is 24.3 Å². The number of rotatable bonds is 8. The molecule has 1 aromatic carbocycles. The van der Waals surface area contributed by atoms with Crippen LogP contribution in [0, 0.1) is 6.92 Å². The van der Waals surface area contributed by atoms with Gasteiger partial charge in [0, 0.05) is 38.4 Å². The van der Waals surface area contributed by atoms with Crippen LogP contribution in [0.1, 0.15) is 25.3 Å². The lowest BCUT2D eigenvalue weighted by molar-refractivity contribution is -0.123. The fourth-order valence-electron chi connectivity index (χ4n) is 2.81. The van der Waals surface area contributed by atoms with Crippen molar-refractivity contribution < 1.29 is 9.59 Å². The molecule has 0 radical (unpaired) electrons. The van der Waals surface area contributed by atoms with Crippen LogP contribution in [0.4, 0.5) is 5.69 Å². The van der Waals surface area contributed by atoms with Crippen molar-refractivity contribution in [3.8, 4) is 0 Å². The van der Waals surface area contributed by atoms with Crippen molar-refractivity contribution >= 4 is 17.5 Å². The fourth-order valence-corrected chi connectivity index (χ4v) is 2.81. The van der Waals surface area contributed by atoms with Gasteiger partial charge in [-0.15, -0.1) is 0 Å². The highest BCUT2D eigenvalue weighted by atomic mass is 16.2. The molecule has 1 aliphatic heterocycles. The van der Waals surface area contributed by atoms with Crippen LogP contribution in [-0.4, -0.2) is 67.4 Å². The Morgan fingerprint density at radius 1 is 0.960 bits per heavy atom. The van der Waals surface area contributed by atoms with Crippen molar-refractivity contribution in [2.45, 2.75) is 26.7 Å². The third-order valence-electron chi connectivity index (χ3n) is 4.39. The van der Waals surface area contributed by atoms with Gasteiger partial charge in [-0.2, -0.15) is 0 Å². The van der Waals surface area contributed by atoms with E-state index in [0.717, 1.165) is 51.3 Å². The number of piperazine rings is 1. The van der Waals surface area contributed by atoms with Gasteiger partial charge in [-0.25, -0.2) is 0 Å². The summed E-state index contributed by atoms with van der Waals surface area (Å²) in [4.78, 5) is 28.3. The zero-order valence-electron chi connectivity index (χ0n) is 15.4. The average molecular weight is 346 g/mol. The molecule has 0 saturated carbocycles. The number of carbonyl (C=O) groups is 2. The lowest BCUT2D eigenvalue weighted by atomic mass is 10.2. The van der Waals surface area contributed by atoms with Crippen LogP contribution in [0.2, 0.25) is 0 Å². The smallest absolute Gasteiger partial charge is 0.238 e. The van der Waals surface area contributed by atoms with Crippen molar-refractivity contribution in [2.75, 3.05) is 51.1 Å². The molecule has 1 fully saturated rings. The second-order valence-corrected chi connectivity index (χ2v) is 6.67. The number of nitrogens with one attached hydrogen (secondary N) is 2. The zero-order valence-corrected chi connectivity index (χ0v) is 15.4. The van der Waals surface area contributed by atoms with E-state index in [1.54, 1.807) is 0 Å². The quantitative estimate of drug-likeness (QED) is 0.700. The number of hydrogen-bond donors (Lipinski definition) is 2. The summed E-state index contributed by atoms with van der Waals surface area (Å²) in [6.45, 7) is 8.99. The topological polar surface area (TPSA) is 64.7 Å². The Balaban J connectivity index is 1.65. The summed E-state index contributed by atoms with van der Waals surface area (Å²) in [5.74, 6) is 0.105. The standard InChI is InChI=1S/C19H30N4O2/c1-3-4-9-20-18(24)14-22-10-12-23(13-11-22)15-19(25)21-17-7-5-16(2)6-8-17/h5-8H,3-4,9-15H2,1-2H3,(H,20,24)(H,21,25). The molecule has 25 heavy (non-hydrogen) atoms. The van der Waals surface area contributed by atoms with Gasteiger partial charge in [-0.05, 0) is 25.5 Å². The summed E-state index contributed by atoms with van der Waals surface area (Å²) in [6, 6.07) is 7.81. The summed E-state index contributed by atoms with van der Waals surface area (Å²) < 4.78 is 0. The second kappa shape index (κ2) is 10.2. The normalized spacial score (nSPS) is 15.8. The summed E-state index contributed by atoms with van der Waals surface area (Å²) in [5, 5.41) is 5.88. The Labute approximate surface area is 150 Å². The maximum atomic E-state index is 12.1. The Morgan fingerprint density at radius 3 is 2.08 bits per heavy atom. The predicted molar refractivity (Wildman–Crippen MR) is 101 cm³/mol. The summed E-state index contributed by atoms with van der Waals surface area (Å²) in [7, 11) is 0. The number of aryl methyl sites for hydroxylation is 1. The SMILES string of the molecule is CCCCNC(=O)CN1CCN(CC(=O)Nc2ccc(C)cc2)CC1. The van der Waals surface area contributed by atoms with Gasteiger partial charge in [0.1, 0.15) is 0 Å². The van der Waals surface area contributed by atoms with Crippen LogP contribution < -0.4 is 10.6 Å². The molecule has 0 spiro atoms. The molecule has 0 aliphatic carbocycles. The second-order valence-electron chi connectivity index (χ2n) is 6.67. The zero-order chi connectivity index (χ0) is 18.1. The lowest BCUT2D eigenvalue weighted by Crippen LogP contribution is -2.51. The molecule has 1 heterocycles. The van der Waals surface area contributed by atoms with Crippen LogP contribution >= 0.6 is 0 Å². The predicted octanol–water partition coefficient (Wildman–Crippen LogP) is 1.47. The van der Waals surface area contributed by atoms with Gasteiger partial charge in [0.05, 0.1) is 13.1 Å². The van der Waals surface area contributed by atoms with Crippen LogP contribution in [0.3, 0.4) is 0 Å². The molecule has 2 rings (SSSR count). The van der Waals surface area contributed by atoms with E-state index in [0.29, 0.717) is 13.1 Å². The number of amides is 2. The van der Waals surface area contributed by atoms with E-state index in [2.05, 4.69) is 27.4 Å². The monoisotopic (exact) mass is 346 g/mol. The van der Waals surface area contributed by atoms with E-state index in [1.807, 2.05) is 31.2 Å². The van der Waals surface area contributed by atoms with Crippen molar-refractivity contribution in [3.05, 3.63) is 29.8 Å². The molecule has 138 valence electrons. The van der Waals surface area contributed by atoms with E-state index >= 15 is 0 Å². The van der Waals surface area contributed by atoms with Crippen molar-refractivity contribution in [1.29, 1.82) is 0 Å². The van der Waals surface area contributed by atoms with Crippen molar-refractivity contribution in [1.82, 2.24) is 15.1 Å². The first-order chi connectivity index (χ1) is 12.1. The molecule has 0 bridgehead atoms. The highest BCUT2D eigenvalue weighted by molar-refractivity contribution is 5.92. The Hall–Kier alpha value is -1.92. The fraction of sp³-hybridized carbons (Fsp3) is 0.579. The average Bonchev–Trinajstić information content (AvgIpc) is 2.59. The van der Waals surface area contributed by atoms with E-state index < -0.39 is 0 Å². The highest BCUT2D eigenvalue weighted by Gasteiger charge is 2.20. The Bertz CT molecular complexity index is 551. The molecular formula is C19H30N4O2. The molecule has 0 atom stereocenters. The highest BCUT2D eigenvalue weighted by Crippen LogP contribution is 2.09. The van der Waals surface area contributed by atoms with Gasteiger partial charge in [0.25, 0.3) is 0 Å². The number of benzene rings is 1. The van der Waals surface area contributed by atoms with Crippen LogP contribution in [-0.2, 0) is 9.59 Å². The van der Waals surface area contributed by atoms with Crippen LogP contribution in [0.5, 0.6) is 0 Å². The van der Waals surface area contributed by atoms with Crippen molar-refractivity contribution in [3.63, 3.8) is 0 Å². The third-order valence-corrected chi connectivity index (χ3v) is 4.39.